The van der Waals surface area contributed by atoms with Crippen LogP contribution >= 0.6 is 0 Å². The van der Waals surface area contributed by atoms with Crippen LogP contribution in [0.2, 0.25) is 0 Å². The maximum absolute atomic E-state index is 5.00. The summed E-state index contributed by atoms with van der Waals surface area (Å²) < 4.78 is 0. The summed E-state index contributed by atoms with van der Waals surface area (Å²) in [6, 6.07) is 0. The van der Waals surface area contributed by atoms with Crippen molar-refractivity contribution in [2.75, 3.05) is 0 Å². The van der Waals surface area contributed by atoms with Crippen LogP contribution in [0.15, 0.2) is 0 Å². The Morgan fingerprint density at radius 2 is 0.750 bits per heavy atom. The van der Waals surface area contributed by atoms with E-state index in [-0.39, 0.29) is 59.1 Å². The van der Waals surface area contributed by atoms with Gasteiger partial charge in [-0.15, -0.1) is 0 Å². The van der Waals surface area contributed by atoms with Gasteiger partial charge in [0.1, 0.15) is 0 Å². The minimum absolute atomic E-state index is 0. The van der Waals surface area contributed by atoms with Crippen LogP contribution in [-0.2, 0) is 0 Å². The van der Waals surface area contributed by atoms with E-state index < -0.39 is 0 Å². The van der Waals surface area contributed by atoms with Crippen molar-refractivity contribution in [3.63, 3.8) is 0 Å². The zero-order valence-electron chi connectivity index (χ0n) is 3.00. The van der Waals surface area contributed by atoms with Gasteiger partial charge in [-0.25, -0.2) is 0 Å². The third kappa shape index (κ3) is 9.59. The quantitative estimate of drug-likeness (QED) is 0.151. The van der Waals surface area contributed by atoms with E-state index >= 15 is 0 Å². The molecule has 0 fully saturated rings. The summed E-state index contributed by atoms with van der Waals surface area (Å²) in [7, 11) is 0. The van der Waals surface area contributed by atoms with Crippen molar-refractivity contribution in [2.45, 2.75) is 0 Å². The zero-order valence-corrected chi connectivity index (χ0v) is 7.00. The molecule has 2 heteroatoms. The predicted octanol–water partition coefficient (Wildman–Crippen LogP) is -5.83. The molecule has 0 nitrogen and oxygen atoms in total. The molecular formula is C2Na2. The second-order valence-corrected chi connectivity index (χ2v) is 0. The van der Waals surface area contributed by atoms with Crippen LogP contribution in [0, 0.1) is 12.8 Å². The molecule has 0 radical (unpaired) electrons. The van der Waals surface area contributed by atoms with Gasteiger partial charge in [-0.1, -0.05) is 0 Å². The maximum atomic E-state index is 5.00. The van der Waals surface area contributed by atoms with Crippen LogP contribution in [0.3, 0.4) is 0 Å². The molecule has 0 saturated heterocycles. The summed E-state index contributed by atoms with van der Waals surface area (Å²) in [6.45, 7) is 0. The number of hydrogen-bond donors (Lipinski definition) is 0. The molecule has 0 saturated carbocycles. The van der Waals surface area contributed by atoms with Gasteiger partial charge in [0, 0.05) is 0 Å². The van der Waals surface area contributed by atoms with Gasteiger partial charge >= 0.3 is 59.1 Å². The van der Waals surface area contributed by atoms with Crippen LogP contribution in [0.5, 0.6) is 0 Å². The topological polar surface area (TPSA) is 0 Å². The van der Waals surface area contributed by atoms with Crippen molar-refractivity contribution in [1.82, 2.24) is 0 Å². The van der Waals surface area contributed by atoms with E-state index in [1.54, 1.807) is 0 Å². The molecule has 0 amide bonds. The van der Waals surface area contributed by atoms with Crippen LogP contribution in [0.4, 0.5) is 0 Å². The van der Waals surface area contributed by atoms with E-state index in [1.807, 2.05) is 0 Å². The first-order valence-electron chi connectivity index (χ1n) is 0.250. The fraction of sp³-hybridized carbons (Fsp3) is 0. The predicted molar refractivity (Wildman–Crippen MR) is 6.49 cm³/mol. The van der Waals surface area contributed by atoms with Gasteiger partial charge in [0.2, 0.25) is 0 Å². The summed E-state index contributed by atoms with van der Waals surface area (Å²) in [4.78, 5) is 0. The van der Waals surface area contributed by atoms with Crippen molar-refractivity contribution in [2.24, 2.45) is 0 Å². The van der Waals surface area contributed by atoms with Gasteiger partial charge in [0.05, 0.1) is 0 Å². The number of hydrogen-bond acceptors (Lipinski definition) is 0. The molecule has 0 N–H and O–H groups in total. The maximum Gasteiger partial charge on any atom is 1.00 e. The van der Waals surface area contributed by atoms with E-state index in [4.69, 9.17) is 12.8 Å². The Kier molecular flexibility index (Phi) is 105. The van der Waals surface area contributed by atoms with Crippen LogP contribution in [0.25, 0.3) is 0 Å². The number of rotatable bonds is 0. The standard InChI is InChI=1S/C2.2Na/c1-2;;/q-2;2*+1. The summed E-state index contributed by atoms with van der Waals surface area (Å²) in [5, 5.41) is 0. The Morgan fingerprint density at radius 3 is 0.750 bits per heavy atom. The normalized spacial score (nSPS) is 0.500. The Hall–Kier alpha value is 1.56. The molecular weight excluding hydrogens is 70.0 g/mol. The van der Waals surface area contributed by atoms with Crippen molar-refractivity contribution in [3.05, 3.63) is 12.8 Å². The molecule has 0 spiro atoms. The van der Waals surface area contributed by atoms with Gasteiger partial charge in [-0.2, -0.15) is 0 Å². The fourth-order valence-corrected chi connectivity index (χ4v) is 0. The SMILES string of the molecule is [C-]#[C-].[Na+].[Na+]. The summed E-state index contributed by atoms with van der Waals surface area (Å²) in [6.07, 6.45) is 10.0. The van der Waals surface area contributed by atoms with E-state index in [1.165, 1.54) is 0 Å². The molecule has 0 rings (SSSR count). The molecule has 0 aliphatic heterocycles. The second kappa shape index (κ2) is 23.7. The van der Waals surface area contributed by atoms with E-state index in [2.05, 4.69) is 0 Å². The Labute approximate surface area is 70.9 Å². The van der Waals surface area contributed by atoms with E-state index in [0.29, 0.717) is 0 Å². The zero-order chi connectivity index (χ0) is 2.00. The molecule has 0 heterocycles. The van der Waals surface area contributed by atoms with Crippen LogP contribution < -0.4 is 59.1 Å². The van der Waals surface area contributed by atoms with E-state index in [9.17, 15) is 0 Å². The van der Waals surface area contributed by atoms with Crippen LogP contribution in [-0.4, -0.2) is 0 Å². The van der Waals surface area contributed by atoms with Crippen molar-refractivity contribution in [3.8, 4) is 0 Å². The van der Waals surface area contributed by atoms with E-state index in [0.717, 1.165) is 0 Å². The average molecular weight is 70.0 g/mol. The summed E-state index contributed by atoms with van der Waals surface area (Å²) in [5.41, 5.74) is 0. The van der Waals surface area contributed by atoms with Gasteiger partial charge in [-0.3, -0.25) is 0 Å². The van der Waals surface area contributed by atoms with Gasteiger partial charge in [0.15, 0.2) is 0 Å². The smallest absolute Gasteiger partial charge is 1.00 e. The first-order chi connectivity index (χ1) is 1.00. The fourth-order valence-electron chi connectivity index (χ4n) is 0. The molecule has 0 aromatic heterocycles. The average Bonchev–Trinajstić information content (AvgIpc) is 1.00. The molecule has 0 aromatic rings. The summed E-state index contributed by atoms with van der Waals surface area (Å²) in [5.74, 6) is 0. The molecule has 0 bridgehead atoms. The minimum atomic E-state index is 0. The van der Waals surface area contributed by atoms with Crippen molar-refractivity contribution in [1.29, 1.82) is 0 Å². The first-order valence-corrected chi connectivity index (χ1v) is 0.250. The first kappa shape index (κ1) is 17.6. The van der Waals surface area contributed by atoms with Crippen molar-refractivity contribution >= 4 is 0 Å². The Balaban J connectivity index is -0.00000000500. The second-order valence-electron chi connectivity index (χ2n) is 0. The minimum Gasteiger partial charge on any atom is -1.00 e. The molecule has 0 unspecified atom stereocenters. The largest absolute Gasteiger partial charge is 1.00 e. The Bertz CT molecular complexity index is 8.75. The third-order valence-electron chi connectivity index (χ3n) is 0. The van der Waals surface area contributed by atoms with Crippen molar-refractivity contribution < 1.29 is 59.1 Å². The van der Waals surface area contributed by atoms with Gasteiger partial charge in [0.25, 0.3) is 0 Å². The Morgan fingerprint density at radius 1 is 0.750 bits per heavy atom. The molecule has 0 aliphatic carbocycles. The van der Waals surface area contributed by atoms with Gasteiger partial charge < -0.3 is 12.8 Å². The monoisotopic (exact) mass is 70.0 g/mol. The molecule has 4 heavy (non-hydrogen) atoms. The van der Waals surface area contributed by atoms with Crippen LogP contribution in [0.1, 0.15) is 0 Å². The summed E-state index contributed by atoms with van der Waals surface area (Å²) >= 11 is 0. The van der Waals surface area contributed by atoms with Gasteiger partial charge in [-0.05, 0) is 0 Å². The third-order valence-corrected chi connectivity index (χ3v) is 0. The molecule has 0 atom stereocenters. The molecule has 0 aliphatic rings. The molecule has 10 valence electrons. The molecule has 0 aromatic carbocycles.